The van der Waals surface area contributed by atoms with Crippen LogP contribution in [0.25, 0.3) is 0 Å². The van der Waals surface area contributed by atoms with Gasteiger partial charge in [0, 0.05) is 53.7 Å². The summed E-state index contributed by atoms with van der Waals surface area (Å²) in [6.07, 6.45) is -6.65. The number of carbonyl (C=O) groups is 8. The van der Waals surface area contributed by atoms with Crippen LogP contribution in [0.5, 0.6) is 17.2 Å². The van der Waals surface area contributed by atoms with E-state index in [9.17, 15) is 63.9 Å². The smallest absolute Gasteiger partial charge is 0.411 e. The number of alkyl carbamates (subject to hydrolysis) is 1. The number of phenolic OH excluding ortho intramolecular Hbond substituents is 2. The normalized spacial score (nSPS) is 20.1. The molecule has 27 heteroatoms. The van der Waals surface area contributed by atoms with Crippen LogP contribution in [0, 0.1) is 0 Å². The summed E-state index contributed by atoms with van der Waals surface area (Å²) < 4.78 is 28.4. The molecule has 1 fully saturated rings. The van der Waals surface area contributed by atoms with Crippen LogP contribution in [0.2, 0.25) is 0 Å². The highest BCUT2D eigenvalue weighted by Gasteiger charge is 2.50. The average Bonchev–Trinajstić information content (AvgIpc) is 1.71. The highest BCUT2D eigenvalue weighted by molar-refractivity contribution is 6.31. The van der Waals surface area contributed by atoms with Gasteiger partial charge in [0.2, 0.25) is 17.6 Å². The molecule has 1 aliphatic heterocycles. The van der Waals surface area contributed by atoms with Gasteiger partial charge in [0.1, 0.15) is 60.9 Å². The number of amides is 5. The van der Waals surface area contributed by atoms with Crippen LogP contribution < -0.4 is 67.6 Å². The minimum absolute atomic E-state index is 0. The Hall–Kier alpha value is -8.24. The van der Waals surface area contributed by atoms with Crippen molar-refractivity contribution in [2.75, 3.05) is 30.9 Å². The fourth-order valence-corrected chi connectivity index (χ4v) is 10.5. The first-order valence-corrected chi connectivity index (χ1v) is 28.0. The maximum absolute atomic E-state index is 14.1. The summed E-state index contributed by atoms with van der Waals surface area (Å²) in [4.78, 5) is 107. The molecule has 1 heterocycles. The van der Waals surface area contributed by atoms with Gasteiger partial charge >= 0.3 is 12.2 Å². The summed E-state index contributed by atoms with van der Waals surface area (Å²) in [5.74, 6) is -5.68. The number of carbonyl (C=O) groups excluding carboxylic acids is 8. The highest BCUT2D eigenvalue weighted by Crippen LogP contribution is 2.52. The van der Waals surface area contributed by atoms with E-state index in [2.05, 4.69) is 38.1 Å². The highest BCUT2D eigenvalue weighted by atomic mass is 35.5. The van der Waals surface area contributed by atoms with E-state index in [-0.39, 0.29) is 78.9 Å². The summed E-state index contributed by atoms with van der Waals surface area (Å²) in [6.45, 7) is 2.25. The van der Waals surface area contributed by atoms with Crippen molar-refractivity contribution in [2.45, 2.75) is 126 Å². The van der Waals surface area contributed by atoms with Gasteiger partial charge in [-0.05, 0) is 80.1 Å². The van der Waals surface area contributed by atoms with Gasteiger partial charge in [-0.25, -0.2) is 9.59 Å². The van der Waals surface area contributed by atoms with E-state index in [1.54, 1.807) is 55.5 Å². The molecule has 0 unspecified atom stereocenters. The van der Waals surface area contributed by atoms with Gasteiger partial charge in [-0.3, -0.25) is 34.1 Å². The van der Waals surface area contributed by atoms with Crippen molar-refractivity contribution in [3.8, 4) is 17.2 Å². The molecule has 472 valence electrons. The summed E-state index contributed by atoms with van der Waals surface area (Å²) in [5.41, 5.74) is 5.98. The fourth-order valence-electron chi connectivity index (χ4n) is 10.5. The van der Waals surface area contributed by atoms with Crippen molar-refractivity contribution >= 4 is 58.6 Å². The number of methoxy groups -OCH3 is 1. The van der Waals surface area contributed by atoms with E-state index in [1.165, 1.54) is 32.2 Å². The monoisotopic (exact) mass is 1260 g/mol. The summed E-state index contributed by atoms with van der Waals surface area (Å²) >= 11 is 0. The number of fused-ring (bicyclic) bond motifs is 3. The number of quaternary nitrogens is 2. The number of halogens is 2. The van der Waals surface area contributed by atoms with Crippen LogP contribution >= 0.6 is 0 Å². The number of unbranched alkanes of at least 4 members (excludes halogenated alkanes) is 1. The van der Waals surface area contributed by atoms with Gasteiger partial charge in [-0.15, -0.1) is 0 Å². The number of phenols is 2. The molecule has 0 aromatic heterocycles. The van der Waals surface area contributed by atoms with E-state index in [0.29, 0.717) is 41.9 Å². The summed E-state index contributed by atoms with van der Waals surface area (Å²) in [5, 5.41) is 69.8. The Labute approximate surface area is 518 Å². The first-order chi connectivity index (χ1) is 41.1. The fraction of sp³-hybridized carbons (Fsp3) is 0.377. The molecule has 5 amide bonds. The number of benzene rings is 5. The van der Waals surface area contributed by atoms with Crippen LogP contribution in [0.1, 0.15) is 112 Å². The SMILES string of the molecule is COc1cccc2c1C(=O)c1c(O)c3c(c(O)c1C2=O)C[C@@](O)(C(=O)CO)C[C@@H]3O[C@H]1C[C@H](NC(=O)OCc2ccc(NC(=O)OCc3ccc(NC(=O)[C@H](CCCC[NH3+])NC(=O)[C@H](Cc4ccccc4)NC(=O)[C@@H](C)[NH3+])cc3)cc2)[C@H](O)[C@H](C)O1.[Cl-].[Cl-]. The standard InChI is InChI=1S/C61H69N7O18.2ClH/c1-31(63)56(76)67-42(24-33-10-5-4-6-11-33)58(78)66-40(13-7-8-23-62)57(77)64-36-19-15-34(16-20-36)29-83-59(79)65-37-21-17-35(18-22-37)30-84-60(80)68-41-25-46(85-32(2)51(41)71)86-44-27-61(81,45(70)28-69)26-39-48(44)55(75)50-49(53(39)73)52(72)38-12-9-14-43(82-3)47(38)54(50)74;;/h4-6,9-12,14-22,31-32,40-42,44,46,51,69,71,73,75,81H,7-8,13,23-30,62-63H2,1-3H3,(H,64,77)(H,65,79)(H,66,78)(H,67,76)(H,68,80);2*1H/t31-,32+,40+,41+,42+,44+,46+,51-,61+;;/m1../s1. The summed E-state index contributed by atoms with van der Waals surface area (Å²) in [7, 11) is 1.29. The lowest BCUT2D eigenvalue weighted by Crippen LogP contribution is -3.00. The van der Waals surface area contributed by atoms with Crippen molar-refractivity contribution < 1.29 is 124 Å². The molecule has 9 atom stereocenters. The molecule has 2 aliphatic carbocycles. The molecule has 5 aromatic rings. The van der Waals surface area contributed by atoms with Gasteiger partial charge in [0.25, 0.3) is 5.91 Å². The second-order valence-electron chi connectivity index (χ2n) is 21.5. The number of rotatable bonds is 23. The van der Waals surface area contributed by atoms with Gasteiger partial charge < -0.3 is 107 Å². The predicted molar refractivity (Wildman–Crippen MR) is 304 cm³/mol. The third kappa shape index (κ3) is 16.1. The molecule has 0 bridgehead atoms. The molecule has 8 rings (SSSR count). The Morgan fingerprint density at radius 2 is 1.35 bits per heavy atom. The second-order valence-corrected chi connectivity index (χ2v) is 21.5. The molecule has 0 spiro atoms. The lowest BCUT2D eigenvalue weighted by atomic mass is 9.72. The van der Waals surface area contributed by atoms with E-state index in [4.69, 9.17) is 23.7 Å². The number of aliphatic hydroxyl groups excluding tert-OH is 2. The van der Waals surface area contributed by atoms with Crippen LogP contribution in [-0.4, -0.2) is 141 Å². The predicted octanol–water partition coefficient (Wildman–Crippen LogP) is -4.08. The van der Waals surface area contributed by atoms with Crippen LogP contribution in [0.4, 0.5) is 21.0 Å². The number of Topliss-reactive ketones (excluding diaryl/α,β-unsaturated/α-hetero) is 1. The van der Waals surface area contributed by atoms with Crippen molar-refractivity contribution in [2.24, 2.45) is 0 Å². The van der Waals surface area contributed by atoms with Gasteiger partial charge in [0.15, 0.2) is 23.9 Å². The number of ether oxygens (including phenoxy) is 5. The van der Waals surface area contributed by atoms with Crippen molar-refractivity contribution in [3.63, 3.8) is 0 Å². The third-order valence-corrected chi connectivity index (χ3v) is 15.2. The first kappa shape index (κ1) is 68.9. The number of hydrogen-bond acceptors (Lipinski definition) is 18. The molecule has 3 aliphatic rings. The average molecular weight is 1260 g/mol. The minimum atomic E-state index is -2.40. The number of nitrogens with one attached hydrogen (secondary N) is 5. The molecular formula is C61H71Cl2N7O18. The Kier molecular flexibility index (Phi) is 23.9. The molecule has 1 saturated heterocycles. The van der Waals surface area contributed by atoms with Crippen molar-refractivity contribution in [3.05, 3.63) is 147 Å². The topological polar surface area (TPSA) is 399 Å². The Bertz CT molecular complexity index is 3360. The molecule has 25 nitrogen and oxygen atoms in total. The number of aliphatic hydroxyl groups is 3. The van der Waals surface area contributed by atoms with Gasteiger partial charge in [-0.1, -0.05) is 66.7 Å². The lowest BCUT2D eigenvalue weighted by molar-refractivity contribution is -0.398. The zero-order valence-electron chi connectivity index (χ0n) is 48.3. The number of aromatic hydroxyl groups is 2. The first-order valence-electron chi connectivity index (χ1n) is 28.0. The lowest BCUT2D eigenvalue weighted by Gasteiger charge is -2.42. The number of anilines is 2. The van der Waals surface area contributed by atoms with Crippen LogP contribution in [0.15, 0.2) is 97.1 Å². The zero-order chi connectivity index (χ0) is 62.0. The zero-order valence-corrected chi connectivity index (χ0v) is 49.9. The van der Waals surface area contributed by atoms with Gasteiger partial charge in [-0.2, -0.15) is 0 Å². The van der Waals surface area contributed by atoms with Crippen LogP contribution in [0.3, 0.4) is 0 Å². The number of ketones is 3. The molecule has 88 heavy (non-hydrogen) atoms. The molecule has 5 aromatic carbocycles. The molecule has 0 radical (unpaired) electrons. The number of hydrogen-bond donors (Lipinski definition) is 12. The molecular weight excluding hydrogens is 1190 g/mol. The Morgan fingerprint density at radius 3 is 1.97 bits per heavy atom. The third-order valence-electron chi connectivity index (χ3n) is 15.2. The molecule has 0 saturated carbocycles. The largest absolute Gasteiger partial charge is 1.00 e. The second kappa shape index (κ2) is 30.6. The molecule has 16 N–H and O–H groups in total. The summed E-state index contributed by atoms with van der Waals surface area (Å²) in [6, 6.07) is 22.7. The Balaban J connectivity index is 0.00000618. The van der Waals surface area contributed by atoms with E-state index in [0.717, 1.165) is 12.0 Å². The van der Waals surface area contributed by atoms with E-state index >= 15 is 0 Å². The maximum atomic E-state index is 14.1. The maximum Gasteiger partial charge on any atom is 0.411 e. The minimum Gasteiger partial charge on any atom is -1.00 e. The quantitative estimate of drug-likeness (QED) is 0.0214. The van der Waals surface area contributed by atoms with Gasteiger partial charge in [0.05, 0.1) is 48.6 Å². The van der Waals surface area contributed by atoms with Crippen LogP contribution in [-0.2, 0) is 64.2 Å². The van der Waals surface area contributed by atoms with E-state index < -0.39 is 144 Å². The van der Waals surface area contributed by atoms with Crippen molar-refractivity contribution in [1.82, 2.24) is 16.0 Å². The van der Waals surface area contributed by atoms with E-state index in [1.807, 2.05) is 30.3 Å². The van der Waals surface area contributed by atoms with Crippen molar-refractivity contribution in [1.29, 1.82) is 0 Å². The Morgan fingerprint density at radius 1 is 0.739 bits per heavy atom.